The summed E-state index contributed by atoms with van der Waals surface area (Å²) < 4.78 is 0. The van der Waals surface area contributed by atoms with Gasteiger partial charge in [-0.2, -0.15) is 0 Å². The summed E-state index contributed by atoms with van der Waals surface area (Å²) >= 11 is 0. The van der Waals surface area contributed by atoms with Crippen molar-refractivity contribution in [3.63, 3.8) is 0 Å². The molecule has 1 unspecified atom stereocenters. The van der Waals surface area contributed by atoms with Crippen molar-refractivity contribution in [3.8, 4) is 0 Å². The quantitative estimate of drug-likeness (QED) is 0.402. The molecule has 1 heterocycles. The highest BCUT2D eigenvalue weighted by molar-refractivity contribution is 5.91. The molecule has 3 aromatic rings. The van der Waals surface area contributed by atoms with E-state index in [1.54, 1.807) is 6.20 Å². The Hall–Kier alpha value is -3.45. The van der Waals surface area contributed by atoms with E-state index in [9.17, 15) is 9.59 Å². The summed E-state index contributed by atoms with van der Waals surface area (Å²) in [5, 5.41) is 7.95. The highest BCUT2D eigenvalue weighted by atomic mass is 16.2. The van der Waals surface area contributed by atoms with Crippen LogP contribution in [-0.4, -0.2) is 28.9 Å². The van der Waals surface area contributed by atoms with Gasteiger partial charge < -0.3 is 22.1 Å². The number of carbonyl (C=O) groups is 2. The molecule has 0 aliphatic rings. The van der Waals surface area contributed by atoms with Crippen molar-refractivity contribution in [2.75, 3.05) is 5.73 Å². The number of pyridine rings is 1. The summed E-state index contributed by atoms with van der Waals surface area (Å²) in [6.07, 6.45) is 2.77. The SMILES string of the molecule is CCC(C)[C@H](N)C(=O)N[C@H](Cc1cccc2ccccc12)C(=O)NCc1cnc(N)c(C)c1. The number of nitrogens with zero attached hydrogens (tertiary/aromatic N) is 1. The van der Waals surface area contributed by atoms with Gasteiger partial charge in [0.25, 0.3) is 0 Å². The van der Waals surface area contributed by atoms with Crippen molar-refractivity contribution in [2.45, 2.75) is 52.2 Å². The molecule has 0 aliphatic heterocycles. The summed E-state index contributed by atoms with van der Waals surface area (Å²) in [7, 11) is 0. The molecule has 2 amide bonds. The molecule has 3 atom stereocenters. The molecule has 0 spiro atoms. The van der Waals surface area contributed by atoms with Crippen LogP contribution in [0.4, 0.5) is 5.82 Å². The maximum absolute atomic E-state index is 13.2. The van der Waals surface area contributed by atoms with Gasteiger partial charge in [-0.1, -0.05) is 62.7 Å². The lowest BCUT2D eigenvalue weighted by atomic mass is 9.96. The second kappa shape index (κ2) is 10.9. The zero-order valence-electron chi connectivity index (χ0n) is 19.5. The third-order valence-corrected chi connectivity index (χ3v) is 6.14. The molecule has 3 rings (SSSR count). The largest absolute Gasteiger partial charge is 0.383 e. The summed E-state index contributed by atoms with van der Waals surface area (Å²) in [5.41, 5.74) is 14.6. The van der Waals surface area contributed by atoms with Gasteiger partial charge in [0, 0.05) is 19.2 Å². The fourth-order valence-corrected chi connectivity index (χ4v) is 3.73. The zero-order valence-corrected chi connectivity index (χ0v) is 19.5. The van der Waals surface area contributed by atoms with E-state index in [2.05, 4.69) is 15.6 Å². The minimum absolute atomic E-state index is 0.00935. The third-order valence-electron chi connectivity index (χ3n) is 6.14. The molecule has 0 bridgehead atoms. The average Bonchev–Trinajstić information content (AvgIpc) is 2.83. The fraction of sp³-hybridized carbons (Fsp3) is 0.346. The average molecular weight is 448 g/mol. The summed E-state index contributed by atoms with van der Waals surface area (Å²) in [4.78, 5) is 30.2. The van der Waals surface area contributed by atoms with Crippen LogP contribution < -0.4 is 22.1 Å². The normalized spacial score (nSPS) is 13.8. The van der Waals surface area contributed by atoms with Crippen molar-refractivity contribution in [2.24, 2.45) is 11.7 Å². The first-order valence-electron chi connectivity index (χ1n) is 11.3. The Morgan fingerprint density at radius 2 is 1.82 bits per heavy atom. The lowest BCUT2D eigenvalue weighted by Crippen LogP contribution is -2.53. The molecule has 7 nitrogen and oxygen atoms in total. The highest BCUT2D eigenvalue weighted by Crippen LogP contribution is 2.20. The van der Waals surface area contributed by atoms with E-state index in [-0.39, 0.29) is 24.3 Å². The number of carbonyl (C=O) groups excluding carboxylic acids is 2. The first-order chi connectivity index (χ1) is 15.8. The first-order valence-corrected chi connectivity index (χ1v) is 11.3. The van der Waals surface area contributed by atoms with Crippen LogP contribution in [0, 0.1) is 12.8 Å². The van der Waals surface area contributed by atoms with Gasteiger partial charge in [-0.25, -0.2) is 4.98 Å². The van der Waals surface area contributed by atoms with E-state index in [1.165, 1.54) is 0 Å². The number of fused-ring (bicyclic) bond motifs is 1. The second-order valence-corrected chi connectivity index (χ2v) is 8.58. The van der Waals surface area contributed by atoms with Gasteiger partial charge in [0.1, 0.15) is 11.9 Å². The molecule has 7 heteroatoms. The number of aryl methyl sites for hydroxylation is 1. The van der Waals surface area contributed by atoms with Crippen LogP contribution >= 0.6 is 0 Å². The number of anilines is 1. The van der Waals surface area contributed by atoms with Gasteiger partial charge in [0.2, 0.25) is 11.8 Å². The lowest BCUT2D eigenvalue weighted by Gasteiger charge is -2.23. The van der Waals surface area contributed by atoms with Gasteiger partial charge in [0.15, 0.2) is 0 Å². The van der Waals surface area contributed by atoms with Gasteiger partial charge in [-0.15, -0.1) is 0 Å². The van der Waals surface area contributed by atoms with Crippen molar-refractivity contribution >= 4 is 28.4 Å². The number of nitrogens with one attached hydrogen (secondary N) is 2. The van der Waals surface area contributed by atoms with Crippen LogP contribution in [0.15, 0.2) is 54.7 Å². The Kier molecular flexibility index (Phi) is 8.01. The Morgan fingerprint density at radius 3 is 2.55 bits per heavy atom. The second-order valence-electron chi connectivity index (χ2n) is 8.58. The van der Waals surface area contributed by atoms with Gasteiger partial charge in [0.05, 0.1) is 6.04 Å². The number of rotatable bonds is 9. The molecule has 1 aromatic heterocycles. The number of hydrogen-bond acceptors (Lipinski definition) is 5. The number of nitrogens with two attached hydrogens (primary N) is 2. The molecule has 174 valence electrons. The van der Waals surface area contributed by atoms with E-state index in [0.717, 1.165) is 33.9 Å². The highest BCUT2D eigenvalue weighted by Gasteiger charge is 2.26. The summed E-state index contributed by atoms with van der Waals surface area (Å²) in [5.74, 6) is -0.128. The van der Waals surface area contributed by atoms with Crippen LogP contribution in [-0.2, 0) is 22.6 Å². The van der Waals surface area contributed by atoms with Crippen LogP contribution in [0.2, 0.25) is 0 Å². The maximum atomic E-state index is 13.2. The summed E-state index contributed by atoms with van der Waals surface area (Å²) in [6, 6.07) is 14.4. The van der Waals surface area contributed by atoms with E-state index in [4.69, 9.17) is 11.5 Å². The van der Waals surface area contributed by atoms with Crippen molar-refractivity contribution in [3.05, 3.63) is 71.4 Å². The molecule has 0 aliphatic carbocycles. The zero-order chi connectivity index (χ0) is 24.0. The number of aromatic nitrogens is 1. The molecule has 2 aromatic carbocycles. The van der Waals surface area contributed by atoms with Crippen LogP contribution in [0.1, 0.15) is 37.0 Å². The molecule has 33 heavy (non-hydrogen) atoms. The summed E-state index contributed by atoms with van der Waals surface area (Å²) in [6.45, 7) is 6.07. The molecular weight excluding hydrogens is 414 g/mol. The monoisotopic (exact) mass is 447 g/mol. The van der Waals surface area contributed by atoms with Crippen LogP contribution in [0.5, 0.6) is 0 Å². The van der Waals surface area contributed by atoms with E-state index in [1.807, 2.05) is 69.3 Å². The van der Waals surface area contributed by atoms with Crippen molar-refractivity contribution < 1.29 is 9.59 Å². The topological polar surface area (TPSA) is 123 Å². The Balaban J connectivity index is 1.81. The number of benzene rings is 2. The van der Waals surface area contributed by atoms with Crippen LogP contribution in [0.3, 0.4) is 0 Å². The number of nitrogen functional groups attached to an aromatic ring is 1. The first kappa shape index (κ1) is 24.2. The van der Waals surface area contributed by atoms with E-state index >= 15 is 0 Å². The molecule has 0 fully saturated rings. The van der Waals surface area contributed by atoms with Crippen molar-refractivity contribution in [1.29, 1.82) is 0 Å². The fourth-order valence-electron chi connectivity index (χ4n) is 3.73. The van der Waals surface area contributed by atoms with E-state index < -0.39 is 12.1 Å². The molecule has 0 radical (unpaired) electrons. The van der Waals surface area contributed by atoms with Gasteiger partial charge in [-0.05, 0) is 46.4 Å². The minimum Gasteiger partial charge on any atom is -0.383 e. The molecule has 6 N–H and O–H groups in total. The smallest absolute Gasteiger partial charge is 0.243 e. The lowest BCUT2D eigenvalue weighted by molar-refractivity contribution is -0.130. The van der Waals surface area contributed by atoms with Crippen molar-refractivity contribution in [1.82, 2.24) is 15.6 Å². The molecule has 0 saturated carbocycles. The maximum Gasteiger partial charge on any atom is 0.243 e. The molecular formula is C26H33N5O2. The number of amides is 2. The van der Waals surface area contributed by atoms with Crippen LogP contribution in [0.25, 0.3) is 10.8 Å². The Labute approximate surface area is 195 Å². The van der Waals surface area contributed by atoms with Gasteiger partial charge >= 0.3 is 0 Å². The minimum atomic E-state index is -0.763. The Morgan fingerprint density at radius 1 is 1.09 bits per heavy atom. The predicted octanol–water partition coefficient (Wildman–Crippen LogP) is 2.84. The third kappa shape index (κ3) is 6.08. The molecule has 0 saturated heterocycles. The Bertz CT molecular complexity index is 1130. The van der Waals surface area contributed by atoms with E-state index in [0.29, 0.717) is 12.2 Å². The number of hydrogen-bond donors (Lipinski definition) is 4. The standard InChI is InChI=1S/C26H33N5O2/c1-4-16(2)23(27)26(33)31-22(13-20-10-7-9-19-8-5-6-11-21(19)20)25(32)30-15-18-12-17(3)24(28)29-14-18/h5-12,14,16,22-23H,4,13,15,27H2,1-3H3,(H2,28,29)(H,30,32)(H,31,33)/t16?,22-,23+/m1/s1. The van der Waals surface area contributed by atoms with Gasteiger partial charge in [-0.3, -0.25) is 9.59 Å². The predicted molar refractivity (Wildman–Crippen MR) is 132 cm³/mol.